The standard InChI is InChI=1S/C23H25ClN4O3.ClH/c1-27(13-11-18-7-9-19(24)10-8-18)23(30)17-28-16-20(15-25-28)26-22(29)12-14-31-21-5-3-2-4-6-21;/h2-10,15-16H,11-14,17H2,1H3,(H,26,29);1H. The zero-order valence-corrected chi connectivity index (χ0v) is 19.3. The normalized spacial score (nSPS) is 10.2. The molecular weight excluding hydrogens is 451 g/mol. The summed E-state index contributed by atoms with van der Waals surface area (Å²) < 4.78 is 7.03. The number of nitrogens with zero attached hydrogens (tertiary/aromatic N) is 3. The van der Waals surface area contributed by atoms with Crippen molar-refractivity contribution < 1.29 is 14.3 Å². The molecule has 0 atom stereocenters. The molecule has 7 nitrogen and oxygen atoms in total. The monoisotopic (exact) mass is 476 g/mol. The van der Waals surface area contributed by atoms with Crippen molar-refractivity contribution in [1.29, 1.82) is 0 Å². The van der Waals surface area contributed by atoms with Crippen LogP contribution in [0.3, 0.4) is 0 Å². The largest absolute Gasteiger partial charge is 0.493 e. The number of para-hydroxylation sites is 1. The summed E-state index contributed by atoms with van der Waals surface area (Å²) in [6, 6.07) is 16.9. The number of carbonyl (C=O) groups excluding carboxylic acids is 2. The molecule has 0 radical (unpaired) electrons. The van der Waals surface area contributed by atoms with Gasteiger partial charge in [-0.2, -0.15) is 5.10 Å². The van der Waals surface area contributed by atoms with Gasteiger partial charge in [-0.3, -0.25) is 14.3 Å². The minimum absolute atomic E-state index is 0. The van der Waals surface area contributed by atoms with E-state index in [0.717, 1.165) is 17.7 Å². The number of amides is 2. The molecule has 32 heavy (non-hydrogen) atoms. The van der Waals surface area contributed by atoms with Gasteiger partial charge in [-0.05, 0) is 36.2 Å². The lowest BCUT2D eigenvalue weighted by atomic mass is 10.1. The van der Waals surface area contributed by atoms with Gasteiger partial charge in [0.2, 0.25) is 11.8 Å². The molecule has 2 aromatic carbocycles. The number of ether oxygens (including phenoxy) is 1. The second-order valence-corrected chi connectivity index (χ2v) is 7.51. The van der Waals surface area contributed by atoms with Gasteiger partial charge in [0.05, 0.1) is 24.9 Å². The highest BCUT2D eigenvalue weighted by Crippen LogP contribution is 2.11. The zero-order valence-electron chi connectivity index (χ0n) is 17.7. The van der Waals surface area contributed by atoms with Gasteiger partial charge in [-0.1, -0.05) is 41.9 Å². The molecule has 1 heterocycles. The van der Waals surface area contributed by atoms with E-state index < -0.39 is 0 Å². The molecule has 0 bridgehead atoms. The van der Waals surface area contributed by atoms with Crippen LogP contribution in [0.1, 0.15) is 12.0 Å². The summed E-state index contributed by atoms with van der Waals surface area (Å²) in [5, 5.41) is 7.61. The Morgan fingerprint density at radius 2 is 1.84 bits per heavy atom. The number of benzene rings is 2. The minimum Gasteiger partial charge on any atom is -0.493 e. The predicted molar refractivity (Wildman–Crippen MR) is 127 cm³/mol. The maximum Gasteiger partial charge on any atom is 0.244 e. The zero-order chi connectivity index (χ0) is 22.1. The first-order chi connectivity index (χ1) is 15.0. The molecule has 0 spiro atoms. The van der Waals surface area contributed by atoms with Crippen molar-refractivity contribution in [2.45, 2.75) is 19.4 Å². The van der Waals surface area contributed by atoms with Crippen molar-refractivity contribution >= 4 is 41.5 Å². The number of nitrogens with one attached hydrogen (secondary N) is 1. The van der Waals surface area contributed by atoms with Crippen LogP contribution in [0.15, 0.2) is 67.0 Å². The van der Waals surface area contributed by atoms with Crippen molar-refractivity contribution in [2.75, 3.05) is 25.5 Å². The number of rotatable bonds is 10. The molecule has 0 aliphatic heterocycles. The number of halogens is 2. The van der Waals surface area contributed by atoms with Crippen LogP contribution in [0.2, 0.25) is 5.02 Å². The van der Waals surface area contributed by atoms with E-state index in [4.69, 9.17) is 16.3 Å². The Hall–Kier alpha value is -3.03. The quantitative estimate of drug-likeness (QED) is 0.478. The molecule has 0 saturated carbocycles. The Bertz CT molecular complexity index is 994. The Morgan fingerprint density at radius 1 is 1.12 bits per heavy atom. The van der Waals surface area contributed by atoms with E-state index >= 15 is 0 Å². The van der Waals surface area contributed by atoms with Crippen molar-refractivity contribution in [3.63, 3.8) is 0 Å². The van der Waals surface area contributed by atoms with Gasteiger partial charge in [0.15, 0.2) is 0 Å². The van der Waals surface area contributed by atoms with E-state index in [9.17, 15) is 9.59 Å². The van der Waals surface area contributed by atoms with Gasteiger partial charge >= 0.3 is 0 Å². The van der Waals surface area contributed by atoms with Crippen molar-refractivity contribution in [1.82, 2.24) is 14.7 Å². The van der Waals surface area contributed by atoms with Crippen LogP contribution in [0.4, 0.5) is 5.69 Å². The van der Waals surface area contributed by atoms with Crippen LogP contribution in [-0.4, -0.2) is 46.7 Å². The van der Waals surface area contributed by atoms with E-state index in [1.165, 1.54) is 10.9 Å². The maximum absolute atomic E-state index is 12.4. The van der Waals surface area contributed by atoms with Crippen LogP contribution in [0.25, 0.3) is 0 Å². The fourth-order valence-corrected chi connectivity index (χ4v) is 2.97. The van der Waals surface area contributed by atoms with Crippen molar-refractivity contribution in [2.24, 2.45) is 0 Å². The van der Waals surface area contributed by atoms with E-state index in [-0.39, 0.29) is 43.8 Å². The molecule has 3 rings (SSSR count). The Labute approximate surface area is 198 Å². The molecule has 3 aromatic rings. The van der Waals surface area contributed by atoms with Crippen LogP contribution in [0.5, 0.6) is 5.75 Å². The van der Waals surface area contributed by atoms with Crippen LogP contribution in [0, 0.1) is 0 Å². The highest BCUT2D eigenvalue weighted by atomic mass is 35.5. The first-order valence-corrected chi connectivity index (χ1v) is 10.4. The Kier molecular flexibility index (Phi) is 10.0. The van der Waals surface area contributed by atoms with Crippen LogP contribution in [-0.2, 0) is 22.6 Å². The predicted octanol–water partition coefficient (Wildman–Crippen LogP) is 4.07. The second kappa shape index (κ2) is 12.7. The summed E-state index contributed by atoms with van der Waals surface area (Å²) >= 11 is 5.89. The summed E-state index contributed by atoms with van der Waals surface area (Å²) in [6.45, 7) is 0.970. The summed E-state index contributed by atoms with van der Waals surface area (Å²) in [5.41, 5.74) is 1.66. The third-order valence-electron chi connectivity index (χ3n) is 4.63. The molecule has 0 unspecified atom stereocenters. The topological polar surface area (TPSA) is 76.5 Å². The van der Waals surface area contributed by atoms with Crippen LogP contribution < -0.4 is 10.1 Å². The average molecular weight is 477 g/mol. The molecule has 0 aliphatic rings. The molecule has 1 aromatic heterocycles. The van der Waals surface area contributed by atoms with Crippen molar-refractivity contribution in [3.8, 4) is 5.75 Å². The summed E-state index contributed by atoms with van der Waals surface area (Å²) in [5.74, 6) is 0.481. The van der Waals surface area contributed by atoms with Gasteiger partial charge in [0, 0.05) is 24.8 Å². The molecule has 9 heteroatoms. The highest BCUT2D eigenvalue weighted by Gasteiger charge is 2.12. The molecule has 2 amide bonds. The van der Waals surface area contributed by atoms with Gasteiger partial charge in [-0.15, -0.1) is 12.4 Å². The molecule has 0 saturated heterocycles. The lowest BCUT2D eigenvalue weighted by Crippen LogP contribution is -2.32. The summed E-state index contributed by atoms with van der Waals surface area (Å²) in [6.07, 6.45) is 4.12. The first kappa shape index (κ1) is 25.2. The number of likely N-dealkylation sites (N-methyl/N-ethyl adjacent to an activating group) is 1. The highest BCUT2D eigenvalue weighted by molar-refractivity contribution is 6.30. The number of carbonyl (C=O) groups is 2. The number of hydrogen-bond donors (Lipinski definition) is 1. The van der Waals surface area contributed by atoms with E-state index in [0.29, 0.717) is 17.3 Å². The second-order valence-electron chi connectivity index (χ2n) is 7.08. The third kappa shape index (κ3) is 8.24. The fourth-order valence-electron chi connectivity index (χ4n) is 2.85. The minimum atomic E-state index is -0.179. The summed E-state index contributed by atoms with van der Waals surface area (Å²) in [4.78, 5) is 26.2. The smallest absolute Gasteiger partial charge is 0.244 e. The Morgan fingerprint density at radius 3 is 2.56 bits per heavy atom. The molecular formula is C23H26Cl2N4O3. The van der Waals surface area contributed by atoms with Crippen LogP contribution >= 0.6 is 24.0 Å². The number of anilines is 1. The molecule has 170 valence electrons. The lowest BCUT2D eigenvalue weighted by Gasteiger charge is -2.17. The molecule has 0 aliphatic carbocycles. The Balaban J connectivity index is 0.00000363. The summed E-state index contributed by atoms with van der Waals surface area (Å²) in [7, 11) is 1.76. The third-order valence-corrected chi connectivity index (χ3v) is 4.88. The van der Waals surface area contributed by atoms with Gasteiger partial charge in [-0.25, -0.2) is 0 Å². The number of aromatic nitrogens is 2. The maximum atomic E-state index is 12.4. The van der Waals surface area contributed by atoms with Gasteiger partial charge in [0.1, 0.15) is 12.3 Å². The van der Waals surface area contributed by atoms with Crippen molar-refractivity contribution in [3.05, 3.63) is 77.6 Å². The van der Waals surface area contributed by atoms with E-state index in [1.54, 1.807) is 18.1 Å². The lowest BCUT2D eigenvalue weighted by molar-refractivity contribution is -0.130. The van der Waals surface area contributed by atoms with Gasteiger partial charge < -0.3 is 15.0 Å². The van der Waals surface area contributed by atoms with E-state index in [2.05, 4.69) is 10.4 Å². The molecule has 0 fully saturated rings. The number of hydrogen-bond acceptors (Lipinski definition) is 4. The SMILES string of the molecule is CN(CCc1ccc(Cl)cc1)C(=O)Cn1cc(NC(=O)CCOc2ccccc2)cn1.Cl. The fraction of sp³-hybridized carbons (Fsp3) is 0.261. The molecule has 1 N–H and O–H groups in total. The van der Waals surface area contributed by atoms with Gasteiger partial charge in [0.25, 0.3) is 0 Å². The first-order valence-electron chi connectivity index (χ1n) is 9.98. The average Bonchev–Trinajstić information content (AvgIpc) is 3.20. The van der Waals surface area contributed by atoms with E-state index in [1.807, 2.05) is 54.6 Å².